The van der Waals surface area contributed by atoms with Gasteiger partial charge in [0.1, 0.15) is 0 Å². The van der Waals surface area contributed by atoms with E-state index in [1.807, 2.05) is 43.3 Å². The lowest BCUT2D eigenvalue weighted by molar-refractivity contribution is 0.0937. The van der Waals surface area contributed by atoms with Crippen molar-refractivity contribution in [1.82, 2.24) is 10.3 Å². The Morgan fingerprint density at radius 3 is 2.60 bits per heavy atom. The highest BCUT2D eigenvalue weighted by atomic mass is 16.1. The normalized spacial score (nSPS) is 11.9. The number of hydrogen-bond acceptors (Lipinski definition) is 3. The number of aryl methyl sites for hydroxylation is 1. The molecule has 1 atom stereocenters. The van der Waals surface area contributed by atoms with Gasteiger partial charge in [0.25, 0.3) is 5.91 Å². The van der Waals surface area contributed by atoms with Crippen LogP contribution >= 0.6 is 0 Å². The average molecular weight is 269 g/mol. The largest absolute Gasteiger partial charge is 0.348 e. The number of pyridine rings is 1. The van der Waals surface area contributed by atoms with E-state index < -0.39 is 0 Å². The standard InChI is InChI=1S/C16H19N3O/c1-12-7-8-14(11-18-12)16(20)19-15(10-17)9-13-5-3-2-4-6-13/h2-8,11,15H,9-10,17H2,1H3,(H,19,20). The van der Waals surface area contributed by atoms with Crippen molar-refractivity contribution in [3.63, 3.8) is 0 Å². The van der Waals surface area contributed by atoms with E-state index in [1.54, 1.807) is 12.3 Å². The van der Waals surface area contributed by atoms with Gasteiger partial charge in [-0.05, 0) is 31.0 Å². The van der Waals surface area contributed by atoms with Crippen molar-refractivity contribution in [2.75, 3.05) is 6.54 Å². The van der Waals surface area contributed by atoms with Crippen LogP contribution in [0.5, 0.6) is 0 Å². The number of rotatable bonds is 5. The zero-order valence-electron chi connectivity index (χ0n) is 11.5. The Balaban J connectivity index is 1.99. The van der Waals surface area contributed by atoms with Crippen LogP contribution in [0.2, 0.25) is 0 Å². The second kappa shape index (κ2) is 6.82. The number of nitrogens with zero attached hydrogens (tertiary/aromatic N) is 1. The minimum atomic E-state index is -0.135. The van der Waals surface area contributed by atoms with Gasteiger partial charge in [0.15, 0.2) is 0 Å². The number of amides is 1. The lowest BCUT2D eigenvalue weighted by atomic mass is 10.1. The monoisotopic (exact) mass is 269 g/mol. The SMILES string of the molecule is Cc1ccc(C(=O)NC(CN)Cc2ccccc2)cn1. The van der Waals surface area contributed by atoms with Crippen LogP contribution in [0.4, 0.5) is 0 Å². The first-order chi connectivity index (χ1) is 9.69. The molecule has 20 heavy (non-hydrogen) atoms. The maximum Gasteiger partial charge on any atom is 0.253 e. The molecule has 0 radical (unpaired) electrons. The summed E-state index contributed by atoms with van der Waals surface area (Å²) in [4.78, 5) is 16.2. The summed E-state index contributed by atoms with van der Waals surface area (Å²) in [6.45, 7) is 2.29. The third-order valence-electron chi connectivity index (χ3n) is 3.12. The number of nitrogens with one attached hydrogen (secondary N) is 1. The number of hydrogen-bond donors (Lipinski definition) is 2. The molecular weight excluding hydrogens is 250 g/mol. The van der Waals surface area contributed by atoms with Crippen molar-refractivity contribution < 1.29 is 4.79 Å². The summed E-state index contributed by atoms with van der Waals surface area (Å²) in [5.41, 5.74) is 8.35. The number of carbonyl (C=O) groups excluding carboxylic acids is 1. The van der Waals surface area contributed by atoms with Crippen LogP contribution in [-0.2, 0) is 6.42 Å². The van der Waals surface area contributed by atoms with Gasteiger partial charge in [0, 0.05) is 24.5 Å². The Morgan fingerprint density at radius 2 is 2.00 bits per heavy atom. The van der Waals surface area contributed by atoms with Crippen LogP contribution in [-0.4, -0.2) is 23.5 Å². The van der Waals surface area contributed by atoms with Crippen LogP contribution in [0.1, 0.15) is 21.6 Å². The summed E-state index contributed by atoms with van der Waals surface area (Å²) >= 11 is 0. The maximum absolute atomic E-state index is 12.1. The molecule has 0 bridgehead atoms. The first-order valence-electron chi connectivity index (χ1n) is 6.66. The molecule has 0 aliphatic carbocycles. The van der Waals surface area contributed by atoms with Gasteiger partial charge in [0.2, 0.25) is 0 Å². The molecule has 1 amide bonds. The molecule has 1 aromatic carbocycles. The zero-order valence-corrected chi connectivity index (χ0v) is 11.5. The molecule has 4 nitrogen and oxygen atoms in total. The highest BCUT2D eigenvalue weighted by Crippen LogP contribution is 2.04. The number of nitrogens with two attached hydrogens (primary N) is 1. The van der Waals surface area contributed by atoms with Crippen LogP contribution in [0.3, 0.4) is 0 Å². The molecule has 2 rings (SSSR count). The molecule has 1 aromatic heterocycles. The van der Waals surface area contributed by atoms with Crippen molar-refractivity contribution in [3.05, 3.63) is 65.5 Å². The van der Waals surface area contributed by atoms with Crippen molar-refractivity contribution in [1.29, 1.82) is 0 Å². The third kappa shape index (κ3) is 3.90. The van der Waals surface area contributed by atoms with Crippen LogP contribution in [0.25, 0.3) is 0 Å². The second-order valence-electron chi connectivity index (χ2n) is 4.78. The Morgan fingerprint density at radius 1 is 1.25 bits per heavy atom. The summed E-state index contributed by atoms with van der Waals surface area (Å²) in [5.74, 6) is -0.135. The molecule has 1 heterocycles. The Bertz CT molecular complexity index is 552. The second-order valence-corrected chi connectivity index (χ2v) is 4.78. The third-order valence-corrected chi connectivity index (χ3v) is 3.12. The van der Waals surface area contributed by atoms with Gasteiger partial charge in [-0.3, -0.25) is 9.78 Å². The van der Waals surface area contributed by atoms with Gasteiger partial charge in [-0.1, -0.05) is 30.3 Å². The molecule has 0 aliphatic rings. The topological polar surface area (TPSA) is 68.0 Å². The molecule has 0 spiro atoms. The van der Waals surface area contributed by atoms with Crippen LogP contribution < -0.4 is 11.1 Å². The summed E-state index contributed by atoms with van der Waals surface area (Å²) in [6.07, 6.45) is 2.31. The van der Waals surface area contributed by atoms with Gasteiger partial charge in [0.05, 0.1) is 5.56 Å². The molecule has 0 fully saturated rings. The van der Waals surface area contributed by atoms with E-state index in [4.69, 9.17) is 5.73 Å². The Hall–Kier alpha value is -2.20. The minimum Gasteiger partial charge on any atom is -0.348 e. The van der Waals surface area contributed by atoms with Gasteiger partial charge in [-0.2, -0.15) is 0 Å². The van der Waals surface area contributed by atoms with Crippen molar-refractivity contribution in [2.45, 2.75) is 19.4 Å². The summed E-state index contributed by atoms with van der Waals surface area (Å²) < 4.78 is 0. The van der Waals surface area contributed by atoms with E-state index in [0.29, 0.717) is 12.1 Å². The fourth-order valence-electron chi connectivity index (χ4n) is 1.96. The Labute approximate surface area is 119 Å². The fourth-order valence-corrected chi connectivity index (χ4v) is 1.96. The zero-order chi connectivity index (χ0) is 14.4. The predicted molar refractivity (Wildman–Crippen MR) is 79.4 cm³/mol. The Kier molecular flexibility index (Phi) is 4.85. The van der Waals surface area contributed by atoms with Gasteiger partial charge in [-0.25, -0.2) is 0 Å². The molecule has 4 heteroatoms. The van der Waals surface area contributed by atoms with E-state index in [-0.39, 0.29) is 11.9 Å². The number of benzene rings is 1. The lowest BCUT2D eigenvalue weighted by Crippen LogP contribution is -2.41. The fraction of sp³-hybridized carbons (Fsp3) is 0.250. The predicted octanol–water partition coefficient (Wildman–Crippen LogP) is 1.69. The summed E-state index contributed by atoms with van der Waals surface area (Å²) in [6, 6.07) is 13.5. The molecule has 3 N–H and O–H groups in total. The van der Waals surface area contributed by atoms with E-state index >= 15 is 0 Å². The van der Waals surface area contributed by atoms with E-state index in [9.17, 15) is 4.79 Å². The molecule has 0 saturated carbocycles. The molecule has 0 saturated heterocycles. The van der Waals surface area contributed by atoms with E-state index in [2.05, 4.69) is 10.3 Å². The van der Waals surface area contributed by atoms with Gasteiger partial charge < -0.3 is 11.1 Å². The molecular formula is C16H19N3O. The first-order valence-corrected chi connectivity index (χ1v) is 6.66. The van der Waals surface area contributed by atoms with Crippen LogP contribution in [0.15, 0.2) is 48.7 Å². The quantitative estimate of drug-likeness (QED) is 0.868. The van der Waals surface area contributed by atoms with Gasteiger partial charge >= 0.3 is 0 Å². The maximum atomic E-state index is 12.1. The minimum absolute atomic E-state index is 0.0776. The number of aromatic nitrogens is 1. The molecule has 1 unspecified atom stereocenters. The van der Waals surface area contributed by atoms with E-state index in [1.165, 1.54) is 0 Å². The average Bonchev–Trinajstić information content (AvgIpc) is 2.48. The molecule has 104 valence electrons. The van der Waals surface area contributed by atoms with E-state index in [0.717, 1.165) is 17.7 Å². The van der Waals surface area contributed by atoms with Crippen LogP contribution in [0, 0.1) is 6.92 Å². The molecule has 0 aliphatic heterocycles. The summed E-state index contributed by atoms with van der Waals surface area (Å²) in [7, 11) is 0. The highest BCUT2D eigenvalue weighted by molar-refractivity contribution is 5.94. The lowest BCUT2D eigenvalue weighted by Gasteiger charge is -2.17. The smallest absolute Gasteiger partial charge is 0.253 e. The molecule has 2 aromatic rings. The van der Waals surface area contributed by atoms with Crippen molar-refractivity contribution in [2.24, 2.45) is 5.73 Å². The van der Waals surface area contributed by atoms with Gasteiger partial charge in [-0.15, -0.1) is 0 Å². The highest BCUT2D eigenvalue weighted by Gasteiger charge is 2.13. The first kappa shape index (κ1) is 14.2. The van der Waals surface area contributed by atoms with Crippen molar-refractivity contribution in [3.8, 4) is 0 Å². The summed E-state index contributed by atoms with van der Waals surface area (Å²) in [5, 5.41) is 2.95. The number of carbonyl (C=O) groups is 1. The van der Waals surface area contributed by atoms with Crippen molar-refractivity contribution >= 4 is 5.91 Å².